The van der Waals surface area contributed by atoms with Crippen molar-refractivity contribution >= 4 is 27.5 Å². The minimum atomic E-state index is -0.0804. The molecule has 1 N–H and O–H groups in total. The van der Waals surface area contributed by atoms with E-state index in [2.05, 4.69) is 52.5 Å². The van der Waals surface area contributed by atoms with E-state index in [9.17, 15) is 4.79 Å². The third-order valence-electron chi connectivity index (χ3n) is 4.92. The van der Waals surface area contributed by atoms with Crippen LogP contribution < -0.4 is 5.32 Å². The van der Waals surface area contributed by atoms with E-state index >= 15 is 0 Å². The van der Waals surface area contributed by atoms with Crippen LogP contribution in [-0.4, -0.2) is 45.8 Å². The smallest absolute Gasteiger partial charge is 0.343 e. The second-order valence-corrected chi connectivity index (χ2v) is 8.23. The third-order valence-corrected chi connectivity index (χ3v) is 5.43. The number of anilines is 1. The molecule has 6 rings (SSSR count). The van der Waals surface area contributed by atoms with Gasteiger partial charge in [0.05, 0.1) is 5.33 Å². The van der Waals surface area contributed by atoms with Crippen LogP contribution in [0.1, 0.15) is 0 Å². The van der Waals surface area contributed by atoms with Crippen LogP contribution in [0, 0.1) is 6.07 Å². The van der Waals surface area contributed by atoms with Crippen molar-refractivity contribution in [3.8, 4) is 22.9 Å². The van der Waals surface area contributed by atoms with E-state index in [1.165, 1.54) is 0 Å². The molecule has 1 aromatic carbocycles. The number of amides is 1. The number of nitrogens with one attached hydrogen (secondary N) is 1. The maximum atomic E-state index is 11.2. The summed E-state index contributed by atoms with van der Waals surface area (Å²) in [4.78, 5) is 23.7. The van der Waals surface area contributed by atoms with Crippen molar-refractivity contribution in [1.29, 1.82) is 0 Å². The van der Waals surface area contributed by atoms with Crippen molar-refractivity contribution in [3.05, 3.63) is 134 Å². The Morgan fingerprint density at radius 2 is 1.32 bits per heavy atom. The molecule has 0 bridgehead atoms. The second kappa shape index (κ2) is 16.6. The minimum Gasteiger partial charge on any atom is -0.343 e. The SMILES string of the molecule is O=C(CBr)Nc1cc[c-]c(-c2ccccn2)c1.[Os+].c1ccc(-n2cccn2)nc1.c1ccc(-n2cccn2)nc1. The van der Waals surface area contributed by atoms with Gasteiger partial charge in [0, 0.05) is 43.4 Å². The molecule has 0 aliphatic heterocycles. The number of alkyl halides is 1. The fourth-order valence-corrected chi connectivity index (χ4v) is 3.34. The van der Waals surface area contributed by atoms with E-state index in [1.54, 1.807) is 52.5 Å². The predicted octanol–water partition coefficient (Wildman–Crippen LogP) is 5.41. The molecule has 5 heterocycles. The normalized spacial score (nSPS) is 9.62. The third kappa shape index (κ3) is 9.45. The number of rotatable bonds is 5. The van der Waals surface area contributed by atoms with Crippen molar-refractivity contribution < 1.29 is 24.6 Å². The summed E-state index contributed by atoms with van der Waals surface area (Å²) < 4.78 is 3.44. The molecular weight excluding hydrogens is 747 g/mol. The Balaban J connectivity index is 0.000000169. The summed E-state index contributed by atoms with van der Waals surface area (Å²) in [6.07, 6.45) is 12.4. The molecule has 0 atom stereocenters. The van der Waals surface area contributed by atoms with Crippen molar-refractivity contribution in [3.63, 3.8) is 0 Å². The molecule has 11 heteroatoms. The number of pyridine rings is 3. The molecule has 40 heavy (non-hydrogen) atoms. The zero-order valence-corrected chi connectivity index (χ0v) is 25.2. The van der Waals surface area contributed by atoms with Crippen molar-refractivity contribution in [2.24, 2.45) is 0 Å². The molecule has 0 fully saturated rings. The first-order valence-corrected chi connectivity index (χ1v) is 13.0. The molecule has 0 aliphatic carbocycles. The Morgan fingerprint density at radius 3 is 1.77 bits per heavy atom. The Hall–Kier alpha value is -4.32. The van der Waals surface area contributed by atoms with E-state index in [-0.39, 0.29) is 31.0 Å². The number of halogens is 1. The summed E-state index contributed by atoms with van der Waals surface area (Å²) in [6, 6.07) is 29.4. The molecule has 1 amide bonds. The number of aromatic nitrogens is 7. The molecule has 201 valence electrons. The standard InChI is InChI=1S/C13H10BrN2O.2C8H7N3.Os/c14-9-13(17)16-11-5-3-4-10(8-11)12-6-1-2-7-15-12;2*1-2-5-9-8(4-1)11-7-3-6-10-11;/h1-3,5-8H,9H2,(H,16,17);2*1-7H;/q-1;;;+1. The first-order chi connectivity index (χ1) is 19.2. The van der Waals surface area contributed by atoms with Gasteiger partial charge in [0.1, 0.15) is 0 Å². The topological polar surface area (TPSA) is 103 Å². The largest absolute Gasteiger partial charge is 1.00 e. The first-order valence-electron chi connectivity index (χ1n) is 11.8. The summed E-state index contributed by atoms with van der Waals surface area (Å²) in [5.41, 5.74) is 2.44. The summed E-state index contributed by atoms with van der Waals surface area (Å²) in [6.45, 7) is 0. The average Bonchev–Trinajstić information content (AvgIpc) is 3.75. The monoisotopic (exact) mass is 771 g/mol. The van der Waals surface area contributed by atoms with Crippen LogP contribution in [-0.2, 0) is 24.6 Å². The molecule has 6 aromatic rings. The van der Waals surface area contributed by atoms with Gasteiger partial charge in [-0.15, -0.1) is 29.8 Å². The maximum Gasteiger partial charge on any atom is 1.00 e. The summed E-state index contributed by atoms with van der Waals surface area (Å²) in [5, 5.41) is 11.1. The van der Waals surface area contributed by atoms with E-state index < -0.39 is 0 Å². The van der Waals surface area contributed by atoms with Gasteiger partial charge in [-0.05, 0) is 53.8 Å². The fourth-order valence-electron chi connectivity index (χ4n) is 3.20. The van der Waals surface area contributed by atoms with Crippen LogP contribution >= 0.6 is 15.9 Å². The van der Waals surface area contributed by atoms with E-state index in [4.69, 9.17) is 0 Å². The molecule has 9 nitrogen and oxygen atoms in total. The Morgan fingerprint density at radius 1 is 0.750 bits per heavy atom. The Kier molecular flexibility index (Phi) is 12.5. The zero-order valence-electron chi connectivity index (χ0n) is 21.1. The van der Waals surface area contributed by atoms with Crippen LogP contribution in [0.15, 0.2) is 128 Å². The fraction of sp³-hybridized carbons (Fsp3) is 0.0345. The van der Waals surface area contributed by atoms with Crippen molar-refractivity contribution in [1.82, 2.24) is 34.5 Å². The van der Waals surface area contributed by atoms with Gasteiger partial charge in [-0.25, -0.2) is 19.3 Å². The summed E-state index contributed by atoms with van der Waals surface area (Å²) in [7, 11) is 0. The van der Waals surface area contributed by atoms with E-state index in [0.717, 1.165) is 28.6 Å². The van der Waals surface area contributed by atoms with Gasteiger partial charge in [0.2, 0.25) is 5.91 Å². The number of carbonyl (C=O) groups excluding carboxylic acids is 1. The van der Waals surface area contributed by atoms with Gasteiger partial charge >= 0.3 is 19.8 Å². The number of carbonyl (C=O) groups is 1. The quantitative estimate of drug-likeness (QED) is 0.186. The molecule has 0 aliphatic rings. The number of hydrogen-bond acceptors (Lipinski definition) is 6. The predicted molar refractivity (Wildman–Crippen MR) is 154 cm³/mol. The molecule has 0 saturated heterocycles. The zero-order chi connectivity index (χ0) is 27.1. The maximum absolute atomic E-state index is 11.2. The molecule has 0 saturated carbocycles. The van der Waals surface area contributed by atoms with Gasteiger partial charge in [-0.1, -0.05) is 40.2 Å². The number of hydrogen-bond donors (Lipinski definition) is 1. The summed E-state index contributed by atoms with van der Waals surface area (Å²) in [5.74, 6) is 1.61. The Bertz CT molecular complexity index is 1450. The van der Waals surface area contributed by atoms with E-state index in [0.29, 0.717) is 0 Å². The molecule has 0 unspecified atom stereocenters. The van der Waals surface area contributed by atoms with Crippen molar-refractivity contribution in [2.75, 3.05) is 10.6 Å². The number of benzene rings is 1. The number of nitrogens with zero attached hydrogens (tertiary/aromatic N) is 7. The molecule has 5 aromatic heterocycles. The van der Waals surface area contributed by atoms with Crippen LogP contribution in [0.2, 0.25) is 0 Å². The molecule has 0 spiro atoms. The molecule has 1 radical (unpaired) electrons. The van der Waals surface area contributed by atoms with E-state index in [1.807, 2.05) is 85.2 Å². The molecular formula is C29H24BrN8OOs. The van der Waals surface area contributed by atoms with Gasteiger partial charge < -0.3 is 10.3 Å². The van der Waals surface area contributed by atoms with Crippen LogP contribution in [0.25, 0.3) is 22.9 Å². The first kappa shape index (κ1) is 30.2. The van der Waals surface area contributed by atoms with Gasteiger partial charge in [0.15, 0.2) is 11.6 Å². The van der Waals surface area contributed by atoms with Crippen molar-refractivity contribution in [2.45, 2.75) is 0 Å². The van der Waals surface area contributed by atoms with Crippen LogP contribution in [0.5, 0.6) is 0 Å². The second-order valence-electron chi connectivity index (χ2n) is 7.66. The van der Waals surface area contributed by atoms with Gasteiger partial charge in [-0.2, -0.15) is 10.2 Å². The van der Waals surface area contributed by atoms with Crippen LogP contribution in [0.3, 0.4) is 0 Å². The van der Waals surface area contributed by atoms with Gasteiger partial charge in [-0.3, -0.25) is 4.79 Å². The van der Waals surface area contributed by atoms with Gasteiger partial charge in [0.25, 0.3) is 0 Å². The summed E-state index contributed by atoms with van der Waals surface area (Å²) >= 11 is 3.10. The Labute approximate surface area is 253 Å². The average molecular weight is 771 g/mol. The van der Waals surface area contributed by atoms with Crippen LogP contribution in [0.4, 0.5) is 5.69 Å². The minimum absolute atomic E-state index is 0.